The minimum absolute atomic E-state index is 0.0399. The van der Waals surface area contributed by atoms with Gasteiger partial charge in [0.05, 0.1) is 45.2 Å². The van der Waals surface area contributed by atoms with Crippen molar-refractivity contribution in [2.45, 2.75) is 106 Å². The lowest BCUT2D eigenvalue weighted by Crippen LogP contribution is -2.33. The van der Waals surface area contributed by atoms with E-state index in [1.54, 1.807) is 0 Å². The number of imidazole rings is 2. The first-order valence-electron chi connectivity index (χ1n) is 24.4. The number of anilines is 3. The van der Waals surface area contributed by atoms with E-state index in [0.717, 1.165) is 27.9 Å². The van der Waals surface area contributed by atoms with Crippen LogP contribution >= 0.6 is 31.3 Å². The van der Waals surface area contributed by atoms with Crippen molar-refractivity contribution in [3.63, 3.8) is 0 Å². The van der Waals surface area contributed by atoms with Gasteiger partial charge in [-0.15, -0.1) is 0 Å². The van der Waals surface area contributed by atoms with Gasteiger partial charge >= 0.3 is 42.7 Å². The van der Waals surface area contributed by atoms with Gasteiger partial charge in [-0.3, -0.25) is 69.5 Å². The van der Waals surface area contributed by atoms with Crippen LogP contribution in [0.2, 0.25) is 0 Å². The third-order valence-electron chi connectivity index (χ3n) is 13.2. The summed E-state index contributed by atoms with van der Waals surface area (Å²) in [5, 5.41) is 10.9. The zero-order valence-electron chi connectivity index (χ0n) is 42.5. The maximum absolute atomic E-state index is 14.0. The lowest BCUT2D eigenvalue weighted by atomic mass is 10.2. The summed E-state index contributed by atoms with van der Waals surface area (Å²) in [4.78, 5) is 131. The fraction of sp³-hybridized carbons (Fsp3) is 0.538. The van der Waals surface area contributed by atoms with Crippen molar-refractivity contribution >= 4 is 71.2 Å². The molecule has 10 rings (SSSR count). The Bertz CT molecular complexity index is 3850. The van der Waals surface area contributed by atoms with Crippen LogP contribution in [0.3, 0.4) is 0 Å². The molecule has 0 bridgehead atoms. The number of fused-ring (bicyclic) bond motifs is 2. The molecule has 4 fully saturated rings. The molecule has 10 heterocycles. The van der Waals surface area contributed by atoms with Crippen LogP contribution in [0.4, 0.5) is 17.6 Å². The van der Waals surface area contributed by atoms with E-state index in [-0.39, 0.29) is 58.3 Å². The maximum atomic E-state index is 14.0. The number of aryl methyl sites for hydroxylation is 1. The summed E-state index contributed by atoms with van der Waals surface area (Å²) in [5.74, 6) is -0.421. The van der Waals surface area contributed by atoms with Crippen LogP contribution in [0.15, 0.2) is 56.6 Å². The van der Waals surface area contributed by atoms with Crippen LogP contribution in [-0.4, -0.2) is 163 Å². The molecule has 452 valence electrons. The first-order valence-corrected chi connectivity index (χ1v) is 30.4. The summed E-state index contributed by atoms with van der Waals surface area (Å²) in [5.41, 5.74) is 14.2. The molecular formula is C39H51N15O25P4. The summed E-state index contributed by atoms with van der Waals surface area (Å²) >= 11 is 0. The highest BCUT2D eigenvalue weighted by molar-refractivity contribution is 7.48. The second-order valence-electron chi connectivity index (χ2n) is 18.9. The van der Waals surface area contributed by atoms with Gasteiger partial charge in [0.15, 0.2) is 22.6 Å². The highest BCUT2D eigenvalue weighted by Crippen LogP contribution is 2.54. The average molecular weight is 1250 g/mol. The van der Waals surface area contributed by atoms with Gasteiger partial charge in [0.2, 0.25) is 5.95 Å². The third-order valence-corrected chi connectivity index (χ3v) is 16.8. The number of aromatic nitrogens is 12. The SMILES string of the molecule is Cc1cn([C@H]2C[C@H](OP(=O)(O)OC[C@H]3O[C@@H](n4ccc(N)nc4=O)C[C@@H]3OP(=O)(O)OC[C@H]3O[C@@H](n4cnc5c(=O)[nH]c(N)nc54)C[C@@H]3OP(=O)(O)OC[C@H]3O[C@@H](n4cnc5c(N)ncnc54)C[C@@H]3O)[C@@H](COP(=O)(O)O)O2)c(=O)[nH]c1=O. The molecule has 4 aliphatic heterocycles. The molecule has 0 radical (unpaired) electrons. The molecule has 4 aliphatic rings. The Kier molecular flexibility index (Phi) is 17.1. The first kappa shape index (κ1) is 60.2. The van der Waals surface area contributed by atoms with Crippen LogP contribution in [0.5, 0.6) is 0 Å². The summed E-state index contributed by atoms with van der Waals surface area (Å²) in [7, 11) is -21.2. The predicted molar refractivity (Wildman–Crippen MR) is 271 cm³/mol. The van der Waals surface area contributed by atoms with E-state index < -0.39 is 167 Å². The normalized spacial score (nSPS) is 28.9. The predicted octanol–water partition coefficient (Wildman–Crippen LogP) is -2.05. The molecule has 0 aliphatic carbocycles. The smallest absolute Gasteiger partial charge is 0.390 e. The van der Waals surface area contributed by atoms with Crippen molar-refractivity contribution in [2.24, 2.45) is 0 Å². The second-order valence-corrected chi connectivity index (χ2v) is 24.4. The zero-order chi connectivity index (χ0) is 59.5. The third kappa shape index (κ3) is 13.8. The van der Waals surface area contributed by atoms with Crippen LogP contribution in [0.25, 0.3) is 22.3 Å². The lowest BCUT2D eigenvalue weighted by Gasteiger charge is -2.25. The molecule has 4 saturated heterocycles. The molecule has 40 nitrogen and oxygen atoms in total. The molecule has 44 heteroatoms. The van der Waals surface area contributed by atoms with E-state index in [0.29, 0.717) is 0 Å². The largest absolute Gasteiger partial charge is 0.472 e. The Hall–Kier alpha value is -5.90. The van der Waals surface area contributed by atoms with Crippen LogP contribution in [-0.2, 0) is 68.9 Å². The Morgan fingerprint density at radius 2 is 1.10 bits per heavy atom. The topological polar surface area (TPSA) is 566 Å². The van der Waals surface area contributed by atoms with Crippen molar-refractivity contribution in [1.29, 1.82) is 0 Å². The van der Waals surface area contributed by atoms with E-state index >= 15 is 0 Å². The zero-order valence-corrected chi connectivity index (χ0v) is 46.1. The maximum Gasteiger partial charge on any atom is 0.472 e. The van der Waals surface area contributed by atoms with Gasteiger partial charge in [0, 0.05) is 43.6 Å². The van der Waals surface area contributed by atoms with Gasteiger partial charge in [-0.1, -0.05) is 0 Å². The average Bonchev–Trinajstić information content (AvgIpc) is 4.35. The number of aromatic amines is 2. The van der Waals surface area contributed by atoms with E-state index in [1.807, 2.05) is 0 Å². The van der Waals surface area contributed by atoms with Crippen molar-refractivity contribution < 1.29 is 98.4 Å². The standard InChI is InChI=1S/C39H51N15O25P4/c1-16-8-52(39(59)50-35(16)56)28-6-19(22(75-28)10-69-80(60,61)62)78-83(67,68)71-11-23-18(5-27(74-23)51-3-2-25(40)47-38(51)58)77-82(65,66)72-12-24-20(7-29(76-24)54-15-46-31-34(54)48-37(42)49-36(31)57)79-81(63,64)70-9-21-17(55)4-26(73-21)53-14-45-30-32(41)43-13-44-33(30)53/h2-3,8,13-15,17-24,26-29,55H,4-7,9-12H2,1H3,(H,63,64)(H,65,66)(H,67,68)(H2,40,47,58)(H2,41,43,44)(H,50,56,59)(H2,60,61,62)(H3,42,48,49,57)/t17-,18-,19-,20-,21+,22+,23+,24+,26+,27+,28+,29+/m0/s1. The van der Waals surface area contributed by atoms with Gasteiger partial charge in [0.25, 0.3) is 11.1 Å². The second kappa shape index (κ2) is 23.5. The number of nitrogens with two attached hydrogens (primary N) is 3. The molecular weight excluding hydrogens is 1200 g/mol. The fourth-order valence-corrected chi connectivity index (χ4v) is 12.6. The number of phosphoric acid groups is 4. The number of ether oxygens (including phenoxy) is 4. The van der Waals surface area contributed by atoms with E-state index in [2.05, 4.69) is 44.4 Å². The number of nitrogens with zero attached hydrogens (tertiary/aromatic N) is 10. The fourth-order valence-electron chi connectivity index (χ4n) is 9.39. The quantitative estimate of drug-likeness (QED) is 0.0326. The molecule has 0 amide bonds. The van der Waals surface area contributed by atoms with Crippen LogP contribution in [0.1, 0.15) is 56.2 Å². The number of H-pyrrole nitrogens is 2. The van der Waals surface area contributed by atoms with Gasteiger partial charge in [-0.05, 0) is 13.0 Å². The highest BCUT2D eigenvalue weighted by Gasteiger charge is 2.49. The number of aliphatic hydroxyl groups excluding tert-OH is 1. The number of hydrogen-bond donors (Lipinski definition) is 11. The van der Waals surface area contributed by atoms with Gasteiger partial charge < -0.3 is 65.7 Å². The van der Waals surface area contributed by atoms with Crippen molar-refractivity contribution in [2.75, 3.05) is 43.6 Å². The first-order chi connectivity index (χ1) is 39.1. The van der Waals surface area contributed by atoms with E-state index in [1.165, 1.54) is 34.8 Å². The Labute approximate surface area is 461 Å². The Morgan fingerprint density at radius 3 is 1.66 bits per heavy atom. The molecule has 0 saturated carbocycles. The van der Waals surface area contributed by atoms with Gasteiger partial charge in [-0.2, -0.15) is 9.97 Å². The molecule has 0 spiro atoms. The van der Waals surface area contributed by atoms with Crippen LogP contribution < -0.4 is 39.7 Å². The molecule has 6 aromatic heterocycles. The summed E-state index contributed by atoms with van der Waals surface area (Å²) < 4.78 is 118. The highest BCUT2D eigenvalue weighted by atomic mass is 31.2. The number of aliphatic hydroxyl groups is 1. The van der Waals surface area contributed by atoms with Gasteiger partial charge in [-0.25, -0.2) is 47.8 Å². The van der Waals surface area contributed by atoms with Crippen molar-refractivity contribution in [3.05, 3.63) is 84.7 Å². The number of nitrogen functional groups attached to an aromatic ring is 3. The van der Waals surface area contributed by atoms with Crippen molar-refractivity contribution in [3.8, 4) is 0 Å². The molecule has 14 N–H and O–H groups in total. The molecule has 0 aromatic carbocycles. The van der Waals surface area contributed by atoms with E-state index in [9.17, 15) is 67.0 Å². The Balaban J connectivity index is 0.837. The lowest BCUT2D eigenvalue weighted by molar-refractivity contribution is -0.0628. The molecule has 15 atom stereocenters. The number of nitrogens with one attached hydrogen (secondary N) is 2. The summed E-state index contributed by atoms with van der Waals surface area (Å²) in [6, 6.07) is 1.21. The molecule has 83 heavy (non-hydrogen) atoms. The monoisotopic (exact) mass is 1250 g/mol. The summed E-state index contributed by atoms with van der Waals surface area (Å²) in [6.45, 7) is -2.34. The minimum Gasteiger partial charge on any atom is -0.390 e. The van der Waals surface area contributed by atoms with Crippen LogP contribution in [0, 0.1) is 6.92 Å². The molecule has 3 unspecified atom stereocenters. The molecule has 6 aromatic rings. The summed E-state index contributed by atoms with van der Waals surface area (Å²) in [6.07, 6.45) is -12.5. The minimum atomic E-state index is -5.45. The van der Waals surface area contributed by atoms with E-state index in [4.69, 9.17) is 63.3 Å². The van der Waals surface area contributed by atoms with Crippen molar-refractivity contribution in [1.82, 2.24) is 58.1 Å². The number of rotatable bonds is 22. The number of hydrogen-bond acceptors (Lipinski definition) is 29. The number of phosphoric ester groups is 4. The Morgan fingerprint density at radius 1 is 0.602 bits per heavy atom. The van der Waals surface area contributed by atoms with Gasteiger partial charge in [0.1, 0.15) is 85.3 Å².